The Morgan fingerprint density at radius 1 is 1.16 bits per heavy atom. The lowest BCUT2D eigenvalue weighted by molar-refractivity contribution is 0.0536. The van der Waals surface area contributed by atoms with Crippen molar-refractivity contribution in [2.24, 2.45) is 11.3 Å². The van der Waals surface area contributed by atoms with Crippen molar-refractivity contribution in [3.8, 4) is 0 Å². The molecule has 2 amide bonds. The van der Waals surface area contributed by atoms with Crippen molar-refractivity contribution in [1.29, 1.82) is 0 Å². The highest BCUT2D eigenvalue weighted by Gasteiger charge is 2.32. The van der Waals surface area contributed by atoms with E-state index >= 15 is 0 Å². The third-order valence-corrected chi connectivity index (χ3v) is 5.83. The van der Waals surface area contributed by atoms with Crippen molar-refractivity contribution in [3.63, 3.8) is 0 Å². The fourth-order valence-electron chi connectivity index (χ4n) is 4.00. The van der Waals surface area contributed by atoms with Crippen LogP contribution in [0.25, 0.3) is 11.1 Å². The Kier molecular flexibility index (Phi) is 6.14. The molecule has 2 aromatic rings. The number of carbonyl (C=O) groups is 2. The quantitative estimate of drug-likeness (QED) is 0.688. The van der Waals surface area contributed by atoms with E-state index in [-0.39, 0.29) is 17.4 Å². The molecule has 1 saturated heterocycles. The molecule has 8 nitrogen and oxygen atoms in total. The molecule has 2 fully saturated rings. The second-order valence-corrected chi connectivity index (χ2v) is 10.7. The van der Waals surface area contributed by atoms with Gasteiger partial charge in [-0.2, -0.15) is 0 Å². The van der Waals surface area contributed by atoms with Crippen LogP contribution in [0.1, 0.15) is 75.1 Å². The standard InChI is InChI=1S/C24H34N4O4/c1-15(2)14-31-23(30)28-10-8-27(9-11-28)22(29)17-12-18(16-6-7-16)25-21-20(17)19(26-32-21)13-24(3,4)5/h12,15-16H,6-11,13-14H2,1-5H3. The summed E-state index contributed by atoms with van der Waals surface area (Å²) in [5, 5.41) is 5.01. The van der Waals surface area contributed by atoms with Gasteiger partial charge in [0.05, 0.1) is 23.3 Å². The molecule has 0 spiro atoms. The number of hydrogen-bond donors (Lipinski definition) is 0. The van der Waals surface area contributed by atoms with Crippen molar-refractivity contribution in [3.05, 3.63) is 23.0 Å². The van der Waals surface area contributed by atoms with E-state index in [1.165, 1.54) is 0 Å². The zero-order valence-electron chi connectivity index (χ0n) is 19.8. The lowest BCUT2D eigenvalue weighted by Gasteiger charge is -2.34. The molecule has 8 heteroatoms. The second kappa shape index (κ2) is 8.71. The van der Waals surface area contributed by atoms with Gasteiger partial charge in [-0.25, -0.2) is 9.78 Å². The van der Waals surface area contributed by atoms with E-state index in [1.807, 2.05) is 24.8 Å². The number of nitrogens with zero attached hydrogens (tertiary/aromatic N) is 4. The van der Waals surface area contributed by atoms with Crippen LogP contribution in [0, 0.1) is 11.3 Å². The van der Waals surface area contributed by atoms with Gasteiger partial charge in [-0.1, -0.05) is 39.8 Å². The number of rotatable bonds is 5. The van der Waals surface area contributed by atoms with Crippen molar-refractivity contribution in [2.75, 3.05) is 32.8 Å². The van der Waals surface area contributed by atoms with Crippen molar-refractivity contribution < 1.29 is 18.8 Å². The van der Waals surface area contributed by atoms with Crippen LogP contribution in [0.2, 0.25) is 0 Å². The summed E-state index contributed by atoms with van der Waals surface area (Å²) in [5.41, 5.74) is 2.76. The Bertz CT molecular complexity index is 995. The minimum Gasteiger partial charge on any atom is -0.449 e. The SMILES string of the molecule is CC(C)COC(=O)N1CCN(C(=O)c2cc(C3CC3)nc3onc(CC(C)(C)C)c23)CC1. The smallest absolute Gasteiger partial charge is 0.409 e. The first-order chi connectivity index (χ1) is 15.1. The van der Waals surface area contributed by atoms with Gasteiger partial charge in [-0.15, -0.1) is 0 Å². The number of fused-ring (bicyclic) bond motifs is 1. The fourth-order valence-corrected chi connectivity index (χ4v) is 4.00. The number of carbonyl (C=O) groups excluding carboxylic acids is 2. The Balaban J connectivity index is 1.55. The number of ether oxygens (including phenoxy) is 1. The van der Waals surface area contributed by atoms with Gasteiger partial charge in [0.1, 0.15) is 0 Å². The van der Waals surface area contributed by atoms with Crippen LogP contribution in [0.3, 0.4) is 0 Å². The lowest BCUT2D eigenvalue weighted by Crippen LogP contribution is -2.50. The van der Waals surface area contributed by atoms with Crippen LogP contribution in [0.5, 0.6) is 0 Å². The van der Waals surface area contributed by atoms with Crippen molar-refractivity contribution in [1.82, 2.24) is 19.9 Å². The molecule has 0 radical (unpaired) electrons. The maximum atomic E-state index is 13.6. The molecule has 1 aliphatic carbocycles. The molecular formula is C24H34N4O4. The molecule has 0 bridgehead atoms. The van der Waals surface area contributed by atoms with Gasteiger partial charge in [-0.3, -0.25) is 4.79 Å². The van der Waals surface area contributed by atoms with Crippen LogP contribution >= 0.6 is 0 Å². The predicted octanol–water partition coefficient (Wildman–Crippen LogP) is 4.24. The number of piperazine rings is 1. The lowest BCUT2D eigenvalue weighted by atomic mass is 9.89. The third-order valence-electron chi connectivity index (χ3n) is 5.83. The monoisotopic (exact) mass is 442 g/mol. The van der Waals surface area contributed by atoms with Gasteiger partial charge in [0.25, 0.3) is 11.6 Å². The maximum Gasteiger partial charge on any atom is 0.409 e. The molecule has 1 saturated carbocycles. The number of hydrogen-bond acceptors (Lipinski definition) is 6. The zero-order chi connectivity index (χ0) is 23.0. The highest BCUT2D eigenvalue weighted by Crippen LogP contribution is 2.41. The summed E-state index contributed by atoms with van der Waals surface area (Å²) in [6.07, 6.45) is 2.57. The molecule has 2 aromatic heterocycles. The van der Waals surface area contributed by atoms with Gasteiger partial charge < -0.3 is 19.1 Å². The largest absolute Gasteiger partial charge is 0.449 e. The first-order valence-electron chi connectivity index (χ1n) is 11.6. The summed E-state index contributed by atoms with van der Waals surface area (Å²) < 4.78 is 10.9. The van der Waals surface area contributed by atoms with Gasteiger partial charge in [0.15, 0.2) is 0 Å². The summed E-state index contributed by atoms with van der Waals surface area (Å²) in [5.74, 6) is 0.644. The van der Waals surface area contributed by atoms with E-state index in [0.717, 1.165) is 29.6 Å². The minimum atomic E-state index is -0.306. The van der Waals surface area contributed by atoms with E-state index in [9.17, 15) is 9.59 Å². The van der Waals surface area contributed by atoms with Gasteiger partial charge in [0, 0.05) is 37.8 Å². The number of amides is 2. The van der Waals surface area contributed by atoms with Crippen LogP contribution in [0.15, 0.2) is 10.6 Å². The Morgan fingerprint density at radius 2 is 1.81 bits per heavy atom. The Hall–Kier alpha value is -2.64. The molecule has 2 aliphatic rings. The zero-order valence-corrected chi connectivity index (χ0v) is 19.8. The van der Waals surface area contributed by atoms with Gasteiger partial charge in [0.2, 0.25) is 0 Å². The maximum absolute atomic E-state index is 13.6. The van der Waals surface area contributed by atoms with Gasteiger partial charge in [-0.05, 0) is 36.7 Å². The highest BCUT2D eigenvalue weighted by atomic mass is 16.6. The van der Waals surface area contributed by atoms with Crippen LogP contribution in [0.4, 0.5) is 4.79 Å². The third kappa shape index (κ3) is 5.05. The van der Waals surface area contributed by atoms with Crippen LogP contribution < -0.4 is 0 Å². The average molecular weight is 443 g/mol. The molecule has 4 rings (SSSR count). The molecule has 3 heterocycles. The summed E-state index contributed by atoms with van der Waals surface area (Å²) in [7, 11) is 0. The second-order valence-electron chi connectivity index (χ2n) is 10.7. The van der Waals surface area contributed by atoms with Crippen LogP contribution in [-0.2, 0) is 11.2 Å². The van der Waals surface area contributed by atoms with Crippen molar-refractivity contribution >= 4 is 23.1 Å². The molecule has 0 N–H and O–H groups in total. The number of aromatic nitrogens is 2. The van der Waals surface area contributed by atoms with E-state index in [4.69, 9.17) is 9.26 Å². The average Bonchev–Trinajstić information content (AvgIpc) is 3.52. The summed E-state index contributed by atoms with van der Waals surface area (Å²) in [6, 6.07) is 1.94. The Morgan fingerprint density at radius 3 is 2.41 bits per heavy atom. The summed E-state index contributed by atoms with van der Waals surface area (Å²) >= 11 is 0. The molecular weight excluding hydrogens is 408 g/mol. The Labute approximate surface area is 189 Å². The summed E-state index contributed by atoms with van der Waals surface area (Å²) in [6.45, 7) is 12.7. The fraction of sp³-hybridized carbons (Fsp3) is 0.667. The number of pyridine rings is 1. The minimum absolute atomic E-state index is 0.00125. The molecule has 0 aromatic carbocycles. The predicted molar refractivity (Wildman–Crippen MR) is 121 cm³/mol. The van der Waals surface area contributed by atoms with Crippen molar-refractivity contribution in [2.45, 2.75) is 59.8 Å². The van der Waals surface area contributed by atoms with E-state index in [1.54, 1.807) is 4.90 Å². The molecule has 1 aliphatic heterocycles. The van der Waals surface area contributed by atoms with Gasteiger partial charge >= 0.3 is 6.09 Å². The molecule has 174 valence electrons. The first kappa shape index (κ1) is 22.6. The molecule has 0 unspecified atom stereocenters. The summed E-state index contributed by atoms with van der Waals surface area (Å²) in [4.78, 5) is 34.0. The first-order valence-corrected chi connectivity index (χ1v) is 11.6. The van der Waals surface area contributed by atoms with Crippen LogP contribution in [-0.4, -0.2) is 64.7 Å². The molecule has 32 heavy (non-hydrogen) atoms. The van der Waals surface area contributed by atoms with E-state index in [2.05, 4.69) is 30.9 Å². The topological polar surface area (TPSA) is 88.8 Å². The van der Waals surface area contributed by atoms with E-state index in [0.29, 0.717) is 62.3 Å². The normalized spacial score (nSPS) is 17.3. The van der Waals surface area contributed by atoms with E-state index < -0.39 is 0 Å². The molecule has 0 atom stereocenters. The highest BCUT2D eigenvalue weighted by molar-refractivity contribution is 6.06.